The topological polar surface area (TPSA) is 83.7 Å². The fraction of sp³-hybridized carbons (Fsp3) is 0.0625. The maximum Gasteiger partial charge on any atom is 0.270 e. The Balaban J connectivity index is 2.01. The molecule has 0 spiro atoms. The number of hydrogen-bond donors (Lipinski definition) is 2. The van der Waals surface area contributed by atoms with E-state index in [0.717, 1.165) is 5.56 Å². The van der Waals surface area contributed by atoms with Crippen molar-refractivity contribution in [1.29, 1.82) is 0 Å². The van der Waals surface area contributed by atoms with E-state index in [-0.39, 0.29) is 17.0 Å². The smallest absolute Gasteiger partial charge is 0.270 e. The van der Waals surface area contributed by atoms with Gasteiger partial charge in [0.2, 0.25) is 0 Å². The third kappa shape index (κ3) is 2.89. The highest BCUT2D eigenvalue weighted by atomic mass is 35.5. The summed E-state index contributed by atoms with van der Waals surface area (Å²) in [4.78, 5) is 28.8. The lowest BCUT2D eigenvalue weighted by atomic mass is 10.2. The Morgan fingerprint density at radius 1 is 1.30 bits per heavy atom. The van der Waals surface area contributed by atoms with Crippen LogP contribution >= 0.6 is 11.6 Å². The molecule has 0 unspecified atom stereocenters. The van der Waals surface area contributed by atoms with Gasteiger partial charge in [-0.3, -0.25) is 14.0 Å². The molecule has 0 atom stereocenters. The van der Waals surface area contributed by atoms with Crippen molar-refractivity contribution in [2.75, 3.05) is 5.32 Å². The molecule has 3 rings (SSSR count). The van der Waals surface area contributed by atoms with Crippen LogP contribution in [-0.2, 0) is 0 Å². The van der Waals surface area contributed by atoms with Crippen molar-refractivity contribution >= 4 is 28.8 Å². The van der Waals surface area contributed by atoms with Gasteiger partial charge in [-0.15, -0.1) is 0 Å². The highest BCUT2D eigenvalue weighted by Gasteiger charge is 2.15. The van der Waals surface area contributed by atoms with Crippen LogP contribution in [0.1, 0.15) is 15.9 Å². The van der Waals surface area contributed by atoms with E-state index in [1.54, 1.807) is 12.3 Å². The number of benzene rings is 1. The minimum atomic E-state index is -0.656. The third-order valence-electron chi connectivity index (χ3n) is 3.30. The van der Waals surface area contributed by atoms with Crippen LogP contribution in [0.25, 0.3) is 5.65 Å². The van der Waals surface area contributed by atoms with Gasteiger partial charge in [-0.25, -0.2) is 4.98 Å². The Morgan fingerprint density at radius 2 is 2.09 bits per heavy atom. The van der Waals surface area contributed by atoms with Crippen LogP contribution < -0.4 is 10.9 Å². The number of carbonyl (C=O) groups excluding carboxylic acids is 1. The summed E-state index contributed by atoms with van der Waals surface area (Å²) in [5.41, 5.74) is 0.876. The average molecular weight is 330 g/mol. The molecule has 3 aromatic rings. The van der Waals surface area contributed by atoms with Crippen LogP contribution in [0.15, 0.2) is 47.5 Å². The number of amides is 1. The van der Waals surface area contributed by atoms with E-state index in [2.05, 4.69) is 10.3 Å². The number of nitrogens with one attached hydrogen (secondary N) is 1. The largest absolute Gasteiger partial charge is 0.506 e. The summed E-state index contributed by atoms with van der Waals surface area (Å²) in [5, 5.41) is 12.6. The van der Waals surface area contributed by atoms with Crippen molar-refractivity contribution in [2.45, 2.75) is 6.92 Å². The maximum absolute atomic E-state index is 12.4. The second kappa shape index (κ2) is 5.73. The summed E-state index contributed by atoms with van der Waals surface area (Å²) in [5.74, 6) is -0.841. The highest BCUT2D eigenvalue weighted by molar-refractivity contribution is 6.30. The summed E-state index contributed by atoms with van der Waals surface area (Å²) in [7, 11) is 0. The van der Waals surface area contributed by atoms with Gasteiger partial charge >= 0.3 is 0 Å². The van der Waals surface area contributed by atoms with Crippen molar-refractivity contribution in [3.63, 3.8) is 0 Å². The zero-order valence-electron chi connectivity index (χ0n) is 12.1. The lowest BCUT2D eigenvalue weighted by Crippen LogP contribution is -2.26. The number of nitrogens with zero attached hydrogens (tertiary/aromatic N) is 2. The number of fused-ring (bicyclic) bond motifs is 1. The van der Waals surface area contributed by atoms with E-state index in [4.69, 9.17) is 11.6 Å². The van der Waals surface area contributed by atoms with Crippen LogP contribution in [-0.4, -0.2) is 20.4 Å². The number of phenolic OH excluding ortho intramolecular Hbond substituents is 1. The lowest BCUT2D eigenvalue weighted by Gasteiger charge is -2.08. The first-order chi connectivity index (χ1) is 11.0. The number of aromatic hydroxyl groups is 1. The number of halogens is 1. The molecule has 0 saturated heterocycles. The van der Waals surface area contributed by atoms with Crippen molar-refractivity contribution in [3.8, 4) is 5.75 Å². The SMILES string of the molecule is Cc1ccc2ncc(C(=O)Nc3ccc(Cl)cc3O)c(=O)n2c1. The number of pyridine rings is 1. The maximum atomic E-state index is 12.4. The molecule has 116 valence electrons. The zero-order chi connectivity index (χ0) is 16.6. The number of rotatable bonds is 2. The second-order valence-electron chi connectivity index (χ2n) is 5.03. The Morgan fingerprint density at radius 3 is 2.83 bits per heavy atom. The highest BCUT2D eigenvalue weighted by Crippen LogP contribution is 2.26. The van der Waals surface area contributed by atoms with Gasteiger partial charge in [0.05, 0.1) is 5.69 Å². The molecule has 1 aromatic carbocycles. The van der Waals surface area contributed by atoms with Gasteiger partial charge < -0.3 is 10.4 Å². The van der Waals surface area contributed by atoms with Crippen LogP contribution in [0.2, 0.25) is 5.02 Å². The Labute approximate surface area is 136 Å². The van der Waals surface area contributed by atoms with Crippen molar-refractivity contribution in [1.82, 2.24) is 9.38 Å². The van der Waals surface area contributed by atoms with E-state index >= 15 is 0 Å². The molecule has 2 aromatic heterocycles. The molecular formula is C16H12ClN3O3. The summed E-state index contributed by atoms with van der Waals surface area (Å²) in [6.07, 6.45) is 2.83. The molecule has 1 amide bonds. The molecule has 0 bridgehead atoms. The quantitative estimate of drug-likeness (QED) is 0.708. The van der Waals surface area contributed by atoms with Gasteiger partial charge in [-0.05, 0) is 30.7 Å². The number of aryl methyl sites for hydroxylation is 1. The fourth-order valence-electron chi connectivity index (χ4n) is 2.14. The Kier molecular flexibility index (Phi) is 3.75. The van der Waals surface area contributed by atoms with Gasteiger partial charge in [-0.2, -0.15) is 0 Å². The van der Waals surface area contributed by atoms with Crippen LogP contribution in [0.5, 0.6) is 5.75 Å². The molecule has 0 aliphatic heterocycles. The minimum absolute atomic E-state index is 0.123. The Bertz CT molecular complexity index is 982. The molecule has 2 N–H and O–H groups in total. The summed E-state index contributed by atoms with van der Waals surface area (Å²) in [6.45, 7) is 1.84. The number of carbonyl (C=O) groups is 1. The molecule has 23 heavy (non-hydrogen) atoms. The first-order valence-electron chi connectivity index (χ1n) is 6.73. The molecular weight excluding hydrogens is 318 g/mol. The standard InChI is InChI=1S/C16H12ClN3O3/c1-9-2-5-14-18-7-11(16(23)20(14)8-9)15(22)19-12-4-3-10(17)6-13(12)21/h2-8,21H,1H3,(H,19,22). The normalized spacial score (nSPS) is 10.7. The number of phenols is 1. The van der Waals surface area contributed by atoms with E-state index in [1.807, 2.05) is 13.0 Å². The zero-order valence-corrected chi connectivity index (χ0v) is 12.8. The molecule has 6 nitrogen and oxygen atoms in total. The van der Waals surface area contributed by atoms with Gasteiger partial charge in [0, 0.05) is 23.5 Å². The van der Waals surface area contributed by atoms with Crippen molar-refractivity contribution in [3.05, 3.63) is 69.2 Å². The van der Waals surface area contributed by atoms with E-state index in [0.29, 0.717) is 10.7 Å². The van der Waals surface area contributed by atoms with Crippen LogP contribution in [0.3, 0.4) is 0 Å². The summed E-state index contributed by atoms with van der Waals surface area (Å²) in [6, 6.07) is 7.79. The monoisotopic (exact) mass is 329 g/mol. The van der Waals surface area contributed by atoms with Gasteiger partial charge in [0.1, 0.15) is 17.0 Å². The first kappa shape index (κ1) is 15.1. The molecule has 0 aliphatic rings. The molecule has 0 saturated carbocycles. The molecule has 7 heteroatoms. The predicted octanol–water partition coefficient (Wildman–Crippen LogP) is 2.61. The third-order valence-corrected chi connectivity index (χ3v) is 3.54. The fourth-order valence-corrected chi connectivity index (χ4v) is 2.30. The van der Waals surface area contributed by atoms with Crippen molar-refractivity contribution < 1.29 is 9.90 Å². The van der Waals surface area contributed by atoms with E-state index in [9.17, 15) is 14.7 Å². The van der Waals surface area contributed by atoms with Gasteiger partial charge in [0.15, 0.2) is 0 Å². The van der Waals surface area contributed by atoms with Gasteiger partial charge in [-0.1, -0.05) is 17.7 Å². The molecule has 0 aliphatic carbocycles. The Hall–Kier alpha value is -2.86. The van der Waals surface area contributed by atoms with E-state index in [1.165, 1.54) is 28.8 Å². The molecule has 0 fully saturated rings. The summed E-state index contributed by atoms with van der Waals surface area (Å²) >= 11 is 5.74. The number of anilines is 1. The minimum Gasteiger partial charge on any atom is -0.506 e. The lowest BCUT2D eigenvalue weighted by molar-refractivity contribution is 0.102. The summed E-state index contributed by atoms with van der Waals surface area (Å²) < 4.78 is 1.31. The second-order valence-corrected chi connectivity index (χ2v) is 5.46. The molecule has 0 radical (unpaired) electrons. The average Bonchev–Trinajstić information content (AvgIpc) is 2.51. The number of aromatic nitrogens is 2. The number of hydrogen-bond acceptors (Lipinski definition) is 4. The van der Waals surface area contributed by atoms with Crippen LogP contribution in [0.4, 0.5) is 5.69 Å². The van der Waals surface area contributed by atoms with Crippen molar-refractivity contribution in [2.24, 2.45) is 0 Å². The first-order valence-corrected chi connectivity index (χ1v) is 7.11. The molecule has 2 heterocycles. The van der Waals surface area contributed by atoms with E-state index < -0.39 is 11.5 Å². The van der Waals surface area contributed by atoms with Gasteiger partial charge in [0.25, 0.3) is 11.5 Å². The predicted molar refractivity (Wildman–Crippen MR) is 87.3 cm³/mol. The van der Waals surface area contributed by atoms with Crippen LogP contribution in [0, 0.1) is 6.92 Å².